The number of nitrogens with zero attached hydrogens (tertiary/aromatic N) is 1. The Kier molecular flexibility index (Phi) is 5.87. The highest BCUT2D eigenvalue weighted by Crippen LogP contribution is 2.32. The van der Waals surface area contributed by atoms with Gasteiger partial charge in [-0.2, -0.15) is 0 Å². The zero-order valence-corrected chi connectivity index (χ0v) is 19.3. The van der Waals surface area contributed by atoms with E-state index in [-0.39, 0.29) is 6.09 Å². The summed E-state index contributed by atoms with van der Waals surface area (Å²) in [4.78, 5) is 14.5. The van der Waals surface area contributed by atoms with Crippen molar-refractivity contribution in [1.29, 1.82) is 0 Å². The van der Waals surface area contributed by atoms with Gasteiger partial charge in [-0.15, -0.1) is 0 Å². The molecule has 1 aliphatic rings. The number of carbonyl (C=O) groups excluding carboxylic acids is 1. The second-order valence-electron chi connectivity index (χ2n) is 9.01. The van der Waals surface area contributed by atoms with Crippen LogP contribution in [-0.2, 0) is 0 Å². The average Bonchev–Trinajstić information content (AvgIpc) is 2.86. The van der Waals surface area contributed by atoms with Crippen LogP contribution in [0.5, 0.6) is 5.75 Å². The van der Waals surface area contributed by atoms with Crippen LogP contribution < -0.4 is 4.74 Å². The third-order valence-corrected chi connectivity index (χ3v) is 6.98. The lowest BCUT2D eigenvalue weighted by atomic mass is 9.88. The van der Waals surface area contributed by atoms with Crippen molar-refractivity contribution in [3.8, 4) is 16.9 Å². The van der Waals surface area contributed by atoms with Gasteiger partial charge in [0.1, 0.15) is 5.75 Å². The summed E-state index contributed by atoms with van der Waals surface area (Å²) in [6.07, 6.45) is 1.65. The van der Waals surface area contributed by atoms with Crippen molar-refractivity contribution < 1.29 is 9.53 Å². The Morgan fingerprint density at radius 3 is 2.30 bits per heavy atom. The van der Waals surface area contributed by atoms with Gasteiger partial charge in [0.05, 0.1) is 0 Å². The molecule has 1 saturated heterocycles. The Balaban J connectivity index is 1.20. The molecule has 0 N–H and O–H groups in total. The molecular formula is C30H29NO2. The van der Waals surface area contributed by atoms with E-state index in [9.17, 15) is 4.79 Å². The van der Waals surface area contributed by atoms with Crippen LogP contribution in [0.15, 0.2) is 84.9 Å². The number of piperidine rings is 1. The molecule has 166 valence electrons. The molecule has 1 fully saturated rings. The van der Waals surface area contributed by atoms with E-state index in [1.165, 1.54) is 27.8 Å². The molecule has 3 nitrogen and oxygen atoms in total. The topological polar surface area (TPSA) is 29.5 Å². The van der Waals surface area contributed by atoms with Crippen LogP contribution in [0.2, 0.25) is 0 Å². The monoisotopic (exact) mass is 435 g/mol. The fourth-order valence-electron chi connectivity index (χ4n) is 4.79. The maximum atomic E-state index is 12.7. The summed E-state index contributed by atoms with van der Waals surface area (Å²) in [6.45, 7) is 5.78. The quantitative estimate of drug-likeness (QED) is 0.333. The molecule has 0 atom stereocenters. The van der Waals surface area contributed by atoms with Crippen LogP contribution >= 0.6 is 0 Å². The number of carbonyl (C=O) groups is 1. The van der Waals surface area contributed by atoms with Crippen LogP contribution in [0.3, 0.4) is 0 Å². The number of hydrogen-bond acceptors (Lipinski definition) is 2. The van der Waals surface area contributed by atoms with Crippen LogP contribution in [0.25, 0.3) is 21.9 Å². The SMILES string of the molecule is Cc1cccc(-c2ccc(C3CCN(C(=O)Oc4ccc5ccccc5c4)CC3)cc2)c1C. The van der Waals surface area contributed by atoms with Gasteiger partial charge in [0, 0.05) is 13.1 Å². The Hall–Kier alpha value is -3.59. The summed E-state index contributed by atoms with van der Waals surface area (Å²) in [6, 6.07) is 29.3. The molecule has 4 aromatic rings. The molecule has 0 aromatic heterocycles. The van der Waals surface area contributed by atoms with E-state index < -0.39 is 0 Å². The van der Waals surface area contributed by atoms with E-state index in [4.69, 9.17) is 4.74 Å². The first-order valence-corrected chi connectivity index (χ1v) is 11.7. The minimum atomic E-state index is -0.256. The largest absolute Gasteiger partial charge is 0.415 e. The van der Waals surface area contributed by atoms with E-state index in [1.54, 1.807) is 0 Å². The Morgan fingerprint density at radius 2 is 1.55 bits per heavy atom. The maximum absolute atomic E-state index is 12.7. The van der Waals surface area contributed by atoms with E-state index in [1.807, 2.05) is 41.3 Å². The highest BCUT2D eigenvalue weighted by atomic mass is 16.6. The van der Waals surface area contributed by atoms with Gasteiger partial charge in [-0.05, 0) is 83.3 Å². The molecule has 0 aliphatic carbocycles. The summed E-state index contributed by atoms with van der Waals surface area (Å²) in [5.41, 5.74) is 6.57. The van der Waals surface area contributed by atoms with E-state index in [2.05, 4.69) is 62.4 Å². The Bertz CT molecular complexity index is 1280. The van der Waals surface area contributed by atoms with Gasteiger partial charge in [-0.3, -0.25) is 0 Å². The number of amides is 1. The highest BCUT2D eigenvalue weighted by Gasteiger charge is 2.25. The van der Waals surface area contributed by atoms with Crippen molar-refractivity contribution in [2.75, 3.05) is 13.1 Å². The molecule has 3 heteroatoms. The zero-order valence-electron chi connectivity index (χ0n) is 19.3. The number of likely N-dealkylation sites (tertiary alicyclic amines) is 1. The van der Waals surface area contributed by atoms with Crippen molar-refractivity contribution in [3.05, 3.63) is 102 Å². The average molecular weight is 436 g/mol. The molecule has 0 bridgehead atoms. The molecule has 0 unspecified atom stereocenters. The summed E-state index contributed by atoms with van der Waals surface area (Å²) < 4.78 is 5.68. The van der Waals surface area contributed by atoms with Gasteiger partial charge in [0.2, 0.25) is 0 Å². The lowest BCUT2D eigenvalue weighted by Crippen LogP contribution is -2.39. The number of benzene rings is 4. The molecule has 1 amide bonds. The number of rotatable bonds is 3. The first-order chi connectivity index (χ1) is 16.1. The van der Waals surface area contributed by atoms with Gasteiger partial charge in [-0.1, -0.05) is 72.8 Å². The molecule has 33 heavy (non-hydrogen) atoms. The second kappa shape index (κ2) is 9.11. The van der Waals surface area contributed by atoms with Crippen molar-refractivity contribution in [2.45, 2.75) is 32.6 Å². The predicted molar refractivity (Wildman–Crippen MR) is 135 cm³/mol. The van der Waals surface area contributed by atoms with Gasteiger partial charge in [0.15, 0.2) is 0 Å². The number of fused-ring (bicyclic) bond motifs is 1. The Morgan fingerprint density at radius 1 is 0.818 bits per heavy atom. The van der Waals surface area contributed by atoms with Crippen LogP contribution in [0.4, 0.5) is 4.79 Å². The summed E-state index contributed by atoms with van der Waals surface area (Å²) in [7, 11) is 0. The summed E-state index contributed by atoms with van der Waals surface area (Å²) in [5, 5.41) is 2.22. The molecule has 0 radical (unpaired) electrons. The summed E-state index contributed by atoms with van der Waals surface area (Å²) >= 11 is 0. The molecule has 1 aliphatic heterocycles. The minimum Gasteiger partial charge on any atom is -0.410 e. The molecule has 4 aromatic carbocycles. The second-order valence-corrected chi connectivity index (χ2v) is 9.01. The molecule has 5 rings (SSSR count). The smallest absolute Gasteiger partial charge is 0.410 e. The number of ether oxygens (including phenoxy) is 1. The summed E-state index contributed by atoms with van der Waals surface area (Å²) in [5.74, 6) is 1.07. The first kappa shape index (κ1) is 21.3. The third kappa shape index (κ3) is 4.49. The van der Waals surface area contributed by atoms with Gasteiger partial charge in [-0.25, -0.2) is 4.79 Å². The van der Waals surface area contributed by atoms with E-state index >= 15 is 0 Å². The normalized spacial score (nSPS) is 14.4. The van der Waals surface area contributed by atoms with Gasteiger partial charge in [0.25, 0.3) is 0 Å². The Labute approximate surface area is 195 Å². The van der Waals surface area contributed by atoms with Crippen molar-refractivity contribution in [2.24, 2.45) is 0 Å². The molecule has 0 spiro atoms. The van der Waals surface area contributed by atoms with Crippen molar-refractivity contribution in [3.63, 3.8) is 0 Å². The lowest BCUT2D eigenvalue weighted by Gasteiger charge is -2.31. The lowest BCUT2D eigenvalue weighted by molar-refractivity contribution is 0.139. The molecule has 0 saturated carbocycles. The zero-order chi connectivity index (χ0) is 22.8. The van der Waals surface area contributed by atoms with Crippen LogP contribution in [-0.4, -0.2) is 24.1 Å². The fraction of sp³-hybridized carbons (Fsp3) is 0.233. The standard InChI is InChI=1S/C30H29NO2/c1-21-6-5-9-29(22(21)2)26-12-10-24(11-13-26)25-16-18-31(19-17-25)30(32)33-28-15-14-23-7-3-4-8-27(23)20-28/h3-15,20,25H,16-19H2,1-2H3. The van der Waals surface area contributed by atoms with Gasteiger partial charge < -0.3 is 9.64 Å². The molecular weight excluding hydrogens is 406 g/mol. The fourth-order valence-corrected chi connectivity index (χ4v) is 4.79. The third-order valence-electron chi connectivity index (χ3n) is 6.98. The maximum Gasteiger partial charge on any atom is 0.415 e. The van der Waals surface area contributed by atoms with Crippen LogP contribution in [0, 0.1) is 13.8 Å². The molecule has 1 heterocycles. The first-order valence-electron chi connectivity index (χ1n) is 11.7. The van der Waals surface area contributed by atoms with Crippen molar-refractivity contribution >= 4 is 16.9 Å². The predicted octanol–water partition coefficient (Wildman–Crippen LogP) is 7.50. The highest BCUT2D eigenvalue weighted by molar-refractivity contribution is 5.84. The van der Waals surface area contributed by atoms with E-state index in [0.29, 0.717) is 11.7 Å². The van der Waals surface area contributed by atoms with Crippen LogP contribution in [0.1, 0.15) is 35.4 Å². The minimum absolute atomic E-state index is 0.256. The van der Waals surface area contributed by atoms with E-state index in [0.717, 1.165) is 36.7 Å². The van der Waals surface area contributed by atoms with Gasteiger partial charge >= 0.3 is 6.09 Å². The van der Waals surface area contributed by atoms with Crippen molar-refractivity contribution in [1.82, 2.24) is 4.90 Å². The number of hydrogen-bond donors (Lipinski definition) is 0. The number of aryl methyl sites for hydroxylation is 1.